The van der Waals surface area contributed by atoms with E-state index in [4.69, 9.17) is 0 Å². The molecular weight excluding hydrogens is 292 g/mol. The molecule has 23 heavy (non-hydrogen) atoms. The molecule has 0 fully saturated rings. The summed E-state index contributed by atoms with van der Waals surface area (Å²) in [6, 6.07) is 17.6. The van der Waals surface area contributed by atoms with Crippen LogP contribution >= 0.6 is 0 Å². The Kier molecular flexibility index (Phi) is 3.76. The van der Waals surface area contributed by atoms with E-state index in [1.54, 1.807) is 24.3 Å². The average Bonchev–Trinajstić information content (AvgIpc) is 2.56. The number of benzene rings is 2. The highest BCUT2D eigenvalue weighted by molar-refractivity contribution is 5.88. The molecule has 1 aromatic heterocycles. The van der Waals surface area contributed by atoms with Crippen molar-refractivity contribution in [1.29, 1.82) is 0 Å². The van der Waals surface area contributed by atoms with Gasteiger partial charge in [0, 0.05) is 5.56 Å². The third kappa shape index (κ3) is 2.89. The molecule has 0 unspecified atom stereocenters. The minimum Gasteiger partial charge on any atom is -0.477 e. The van der Waals surface area contributed by atoms with Gasteiger partial charge in [0.25, 0.3) is 5.56 Å². The van der Waals surface area contributed by atoms with Crippen molar-refractivity contribution in [3.05, 3.63) is 82.1 Å². The summed E-state index contributed by atoms with van der Waals surface area (Å²) >= 11 is 0. The van der Waals surface area contributed by atoms with Gasteiger partial charge >= 0.3 is 5.97 Å². The zero-order valence-corrected chi connectivity index (χ0v) is 12.4. The molecule has 0 aliphatic rings. The fourth-order valence-corrected chi connectivity index (χ4v) is 2.26. The number of nitrogens with zero attached hydrogens (tertiary/aromatic N) is 2. The fourth-order valence-electron chi connectivity index (χ4n) is 2.26. The van der Waals surface area contributed by atoms with Gasteiger partial charge in [-0.3, -0.25) is 4.79 Å². The van der Waals surface area contributed by atoms with Crippen LogP contribution in [0.25, 0.3) is 16.9 Å². The molecule has 3 rings (SSSR count). The predicted octanol–water partition coefficient (Wildman–Crippen LogP) is 2.91. The van der Waals surface area contributed by atoms with Crippen LogP contribution in [0.4, 0.5) is 0 Å². The number of carboxylic acid groups (broad SMARTS) is 1. The fraction of sp³-hybridized carbons (Fsp3) is 0.0556. The molecule has 3 aromatic rings. The molecule has 0 saturated heterocycles. The van der Waals surface area contributed by atoms with Crippen molar-refractivity contribution in [2.75, 3.05) is 0 Å². The van der Waals surface area contributed by atoms with E-state index in [0.29, 0.717) is 11.4 Å². The van der Waals surface area contributed by atoms with Crippen LogP contribution in [0.5, 0.6) is 0 Å². The van der Waals surface area contributed by atoms with Crippen LogP contribution in [0.15, 0.2) is 65.5 Å². The summed E-state index contributed by atoms with van der Waals surface area (Å²) in [7, 11) is 0. The summed E-state index contributed by atoms with van der Waals surface area (Å²) in [6.07, 6.45) is 0. The largest absolute Gasteiger partial charge is 0.477 e. The number of aryl methyl sites for hydroxylation is 1. The molecule has 1 N–H and O–H groups in total. The molecule has 0 aliphatic heterocycles. The van der Waals surface area contributed by atoms with E-state index in [1.165, 1.54) is 6.07 Å². The summed E-state index contributed by atoms with van der Waals surface area (Å²) in [6.45, 7) is 1.96. The van der Waals surface area contributed by atoms with E-state index in [1.807, 2.05) is 37.3 Å². The predicted molar refractivity (Wildman–Crippen MR) is 87.0 cm³/mol. The Balaban J connectivity index is 2.26. The molecule has 0 radical (unpaired) electrons. The first-order chi connectivity index (χ1) is 11.1. The normalized spacial score (nSPS) is 10.5. The Morgan fingerprint density at radius 2 is 1.70 bits per heavy atom. The smallest absolute Gasteiger partial charge is 0.341 e. The Labute approximate surface area is 132 Å². The van der Waals surface area contributed by atoms with Crippen molar-refractivity contribution < 1.29 is 9.90 Å². The number of carbonyl (C=O) groups is 1. The van der Waals surface area contributed by atoms with Gasteiger partial charge in [0.15, 0.2) is 0 Å². The van der Waals surface area contributed by atoms with E-state index in [9.17, 15) is 14.7 Å². The van der Waals surface area contributed by atoms with Gasteiger partial charge in [-0.25, -0.2) is 4.79 Å². The molecule has 0 atom stereocenters. The van der Waals surface area contributed by atoms with Crippen LogP contribution in [0.3, 0.4) is 0 Å². The van der Waals surface area contributed by atoms with Gasteiger partial charge in [0.2, 0.25) is 0 Å². The molecule has 0 bridgehead atoms. The maximum absolute atomic E-state index is 12.4. The molecule has 1 heterocycles. The summed E-state index contributed by atoms with van der Waals surface area (Å²) in [4.78, 5) is 23.8. The SMILES string of the molecule is Cc1ccc(-c2cc(C(=O)O)c(=O)n(-c3ccccc3)n2)cc1. The molecule has 5 nitrogen and oxygen atoms in total. The number of aromatic carboxylic acids is 1. The lowest BCUT2D eigenvalue weighted by atomic mass is 10.1. The minimum atomic E-state index is -1.27. The lowest BCUT2D eigenvalue weighted by Gasteiger charge is -2.09. The first-order valence-corrected chi connectivity index (χ1v) is 7.06. The van der Waals surface area contributed by atoms with E-state index < -0.39 is 11.5 Å². The summed E-state index contributed by atoms with van der Waals surface area (Å²) in [5.41, 5.74) is 1.84. The quantitative estimate of drug-likeness (QED) is 0.807. The van der Waals surface area contributed by atoms with Crippen molar-refractivity contribution in [2.24, 2.45) is 0 Å². The van der Waals surface area contributed by atoms with E-state index in [-0.39, 0.29) is 5.56 Å². The number of rotatable bonds is 3. The summed E-state index contributed by atoms with van der Waals surface area (Å²) < 4.78 is 1.12. The topological polar surface area (TPSA) is 72.2 Å². The van der Waals surface area contributed by atoms with Crippen molar-refractivity contribution in [1.82, 2.24) is 9.78 Å². The van der Waals surface area contributed by atoms with E-state index >= 15 is 0 Å². The van der Waals surface area contributed by atoms with Crippen LogP contribution in [-0.2, 0) is 0 Å². The maximum Gasteiger partial charge on any atom is 0.341 e. The molecule has 0 spiro atoms. The second-order valence-electron chi connectivity index (χ2n) is 5.17. The zero-order valence-electron chi connectivity index (χ0n) is 12.4. The molecule has 5 heteroatoms. The van der Waals surface area contributed by atoms with E-state index in [0.717, 1.165) is 15.8 Å². The van der Waals surface area contributed by atoms with Crippen LogP contribution in [-0.4, -0.2) is 20.9 Å². The highest BCUT2D eigenvalue weighted by Crippen LogP contribution is 2.18. The maximum atomic E-state index is 12.4. The molecule has 0 aliphatic carbocycles. The monoisotopic (exact) mass is 306 g/mol. The standard InChI is InChI=1S/C18H14N2O3/c1-12-7-9-13(10-8-12)16-11-15(18(22)23)17(21)20(19-16)14-5-3-2-4-6-14/h2-11H,1H3,(H,22,23). The molecular formula is C18H14N2O3. The van der Waals surface area contributed by atoms with Gasteiger partial charge in [0.1, 0.15) is 5.56 Å². The van der Waals surface area contributed by atoms with Gasteiger partial charge in [-0.1, -0.05) is 48.0 Å². The average molecular weight is 306 g/mol. The molecule has 0 amide bonds. The van der Waals surface area contributed by atoms with E-state index in [2.05, 4.69) is 5.10 Å². The Hall–Kier alpha value is -3.21. The highest BCUT2D eigenvalue weighted by atomic mass is 16.4. The summed E-state index contributed by atoms with van der Waals surface area (Å²) in [5, 5.41) is 13.6. The molecule has 114 valence electrons. The first-order valence-electron chi connectivity index (χ1n) is 7.06. The van der Waals surface area contributed by atoms with Crippen LogP contribution < -0.4 is 5.56 Å². The van der Waals surface area contributed by atoms with Crippen molar-refractivity contribution in [3.63, 3.8) is 0 Å². The Morgan fingerprint density at radius 1 is 1.04 bits per heavy atom. The zero-order chi connectivity index (χ0) is 16.4. The number of hydrogen-bond donors (Lipinski definition) is 1. The van der Waals surface area contributed by atoms with Crippen molar-refractivity contribution in [3.8, 4) is 16.9 Å². The van der Waals surface area contributed by atoms with Crippen LogP contribution in [0.2, 0.25) is 0 Å². The van der Waals surface area contributed by atoms with Crippen LogP contribution in [0.1, 0.15) is 15.9 Å². The second kappa shape index (κ2) is 5.88. The number of carboxylic acids is 1. The van der Waals surface area contributed by atoms with Gasteiger partial charge in [-0.2, -0.15) is 9.78 Å². The number of hydrogen-bond acceptors (Lipinski definition) is 3. The van der Waals surface area contributed by atoms with Crippen molar-refractivity contribution >= 4 is 5.97 Å². The minimum absolute atomic E-state index is 0.306. The first kappa shape index (κ1) is 14.7. The van der Waals surface area contributed by atoms with Crippen LogP contribution in [0, 0.1) is 6.92 Å². The van der Waals surface area contributed by atoms with Gasteiger partial charge in [-0.05, 0) is 25.1 Å². The lowest BCUT2D eigenvalue weighted by Crippen LogP contribution is -2.27. The lowest BCUT2D eigenvalue weighted by molar-refractivity contribution is 0.0694. The highest BCUT2D eigenvalue weighted by Gasteiger charge is 2.16. The summed E-state index contributed by atoms with van der Waals surface area (Å²) in [5.74, 6) is -1.27. The third-order valence-electron chi connectivity index (χ3n) is 3.49. The second-order valence-corrected chi connectivity index (χ2v) is 5.17. The number of aromatic nitrogens is 2. The third-order valence-corrected chi connectivity index (χ3v) is 3.49. The van der Waals surface area contributed by atoms with Gasteiger partial charge < -0.3 is 5.11 Å². The van der Waals surface area contributed by atoms with Gasteiger partial charge in [-0.15, -0.1) is 0 Å². The molecule has 0 saturated carbocycles. The Bertz CT molecular complexity index is 913. The number of para-hydroxylation sites is 1. The van der Waals surface area contributed by atoms with Gasteiger partial charge in [0.05, 0.1) is 11.4 Å². The Morgan fingerprint density at radius 3 is 2.30 bits per heavy atom. The molecule has 2 aromatic carbocycles. The van der Waals surface area contributed by atoms with Crippen molar-refractivity contribution in [2.45, 2.75) is 6.92 Å².